The van der Waals surface area contributed by atoms with E-state index in [4.69, 9.17) is 4.42 Å². The summed E-state index contributed by atoms with van der Waals surface area (Å²) in [5.41, 5.74) is 1.96. The van der Waals surface area contributed by atoms with Gasteiger partial charge in [-0.3, -0.25) is 19.4 Å². The number of carbonyl (C=O) groups excluding carboxylic acids is 2. The number of alkyl halides is 3. The number of carbonyl (C=O) groups is 2. The molecule has 0 saturated carbocycles. The van der Waals surface area contributed by atoms with E-state index in [9.17, 15) is 31.2 Å². The highest BCUT2D eigenvalue weighted by molar-refractivity contribution is 7.90. The standard InChI is InChI=1S/C35H37F3N4O5S/c1-48(45,46)30-8-5-24(6-9-30)22-41-15-17-42(18-16-41)34(44)26-7-10-31-27(20-26)21-32(47-31)33(43)39-29-11-13-40(14-12-29)23-25-3-2-4-28(19-25)35(36,37)38/h2-10,19-21,29H,11-18,22-23H2,1H3,(H,39,43). The minimum atomic E-state index is -4.38. The molecule has 1 aromatic heterocycles. The lowest BCUT2D eigenvalue weighted by Gasteiger charge is -2.34. The Morgan fingerprint density at radius 3 is 2.17 bits per heavy atom. The van der Waals surface area contributed by atoms with Crippen LogP contribution in [0.3, 0.4) is 0 Å². The van der Waals surface area contributed by atoms with Gasteiger partial charge in [0, 0.05) is 75.6 Å². The fraction of sp³-hybridized carbons (Fsp3) is 0.371. The Balaban J connectivity index is 0.987. The van der Waals surface area contributed by atoms with Gasteiger partial charge < -0.3 is 14.6 Å². The normalized spacial score (nSPS) is 17.1. The number of piperidine rings is 1. The lowest BCUT2D eigenvalue weighted by atomic mass is 10.0. The molecule has 2 amide bonds. The van der Waals surface area contributed by atoms with Crippen molar-refractivity contribution < 1.29 is 35.6 Å². The molecular weight excluding hydrogens is 645 g/mol. The molecule has 2 aliphatic heterocycles. The second-order valence-corrected chi connectivity index (χ2v) is 14.6. The summed E-state index contributed by atoms with van der Waals surface area (Å²) in [6, 6.07) is 18.9. The van der Waals surface area contributed by atoms with E-state index in [1.54, 1.807) is 47.4 Å². The lowest BCUT2D eigenvalue weighted by molar-refractivity contribution is -0.137. The Kier molecular flexibility index (Phi) is 9.64. The molecule has 0 unspecified atom stereocenters. The van der Waals surface area contributed by atoms with Crippen LogP contribution < -0.4 is 5.32 Å². The number of likely N-dealkylation sites (tertiary alicyclic amines) is 1. The number of amides is 2. The van der Waals surface area contributed by atoms with Crippen molar-refractivity contribution in [2.75, 3.05) is 45.5 Å². The number of furan rings is 1. The number of piperazine rings is 1. The minimum Gasteiger partial charge on any atom is -0.451 e. The van der Waals surface area contributed by atoms with Gasteiger partial charge in [0.25, 0.3) is 11.8 Å². The largest absolute Gasteiger partial charge is 0.451 e. The van der Waals surface area contributed by atoms with Crippen LogP contribution in [-0.4, -0.2) is 86.5 Å². The Bertz CT molecular complexity index is 1890. The summed E-state index contributed by atoms with van der Waals surface area (Å²) < 4.78 is 68.4. The van der Waals surface area contributed by atoms with Crippen LogP contribution in [0.5, 0.6) is 0 Å². The zero-order chi connectivity index (χ0) is 34.1. The highest BCUT2D eigenvalue weighted by Gasteiger charge is 2.31. The topological polar surface area (TPSA) is 103 Å². The average molecular weight is 683 g/mol. The second kappa shape index (κ2) is 13.7. The summed E-state index contributed by atoms with van der Waals surface area (Å²) in [7, 11) is -3.24. The summed E-state index contributed by atoms with van der Waals surface area (Å²) in [5, 5.41) is 3.67. The van der Waals surface area contributed by atoms with Gasteiger partial charge in [0.2, 0.25) is 0 Å². The number of nitrogens with one attached hydrogen (secondary N) is 1. The van der Waals surface area contributed by atoms with Gasteiger partial charge in [-0.15, -0.1) is 0 Å². The maximum Gasteiger partial charge on any atom is 0.416 e. The van der Waals surface area contributed by atoms with Crippen LogP contribution >= 0.6 is 0 Å². The van der Waals surface area contributed by atoms with Gasteiger partial charge in [-0.2, -0.15) is 13.2 Å². The Labute approximate surface area is 277 Å². The molecule has 254 valence electrons. The van der Waals surface area contributed by atoms with Gasteiger partial charge in [-0.25, -0.2) is 8.42 Å². The third kappa shape index (κ3) is 8.08. The fourth-order valence-corrected chi connectivity index (χ4v) is 6.91. The molecule has 2 fully saturated rings. The molecule has 48 heavy (non-hydrogen) atoms. The molecule has 2 saturated heterocycles. The molecule has 13 heteroatoms. The maximum atomic E-state index is 13.3. The summed E-state index contributed by atoms with van der Waals surface area (Å²) in [6.45, 7) is 4.82. The van der Waals surface area contributed by atoms with Gasteiger partial charge in [-0.1, -0.05) is 30.3 Å². The molecule has 0 radical (unpaired) electrons. The van der Waals surface area contributed by atoms with Crippen LogP contribution in [0.25, 0.3) is 11.0 Å². The maximum absolute atomic E-state index is 13.3. The Hall–Kier alpha value is -4.20. The number of hydrogen-bond acceptors (Lipinski definition) is 7. The Morgan fingerprint density at radius 1 is 0.833 bits per heavy atom. The summed E-state index contributed by atoms with van der Waals surface area (Å²) in [4.78, 5) is 32.8. The number of rotatable bonds is 8. The van der Waals surface area contributed by atoms with Gasteiger partial charge in [0.15, 0.2) is 15.6 Å². The molecule has 0 atom stereocenters. The number of nitrogens with zero attached hydrogens (tertiary/aromatic N) is 3. The molecule has 0 aliphatic carbocycles. The molecule has 4 aromatic rings. The van der Waals surface area contributed by atoms with E-state index >= 15 is 0 Å². The zero-order valence-corrected chi connectivity index (χ0v) is 27.3. The highest BCUT2D eigenvalue weighted by atomic mass is 32.2. The molecule has 6 rings (SSSR count). The highest BCUT2D eigenvalue weighted by Crippen LogP contribution is 2.30. The van der Waals surface area contributed by atoms with Crippen molar-refractivity contribution >= 4 is 32.6 Å². The van der Waals surface area contributed by atoms with E-state index in [0.29, 0.717) is 87.3 Å². The second-order valence-electron chi connectivity index (χ2n) is 12.6. The number of benzene rings is 3. The first-order chi connectivity index (χ1) is 22.8. The fourth-order valence-electron chi connectivity index (χ4n) is 6.28. The van der Waals surface area contributed by atoms with Crippen LogP contribution in [-0.2, 0) is 29.1 Å². The molecule has 0 bridgehead atoms. The number of halogens is 3. The molecule has 2 aliphatic rings. The molecule has 0 spiro atoms. The van der Waals surface area contributed by atoms with Crippen LogP contribution in [0.15, 0.2) is 82.1 Å². The minimum absolute atomic E-state index is 0.0915. The van der Waals surface area contributed by atoms with Gasteiger partial charge in [0.05, 0.1) is 10.5 Å². The quantitative estimate of drug-likeness (QED) is 0.272. The van der Waals surface area contributed by atoms with Crippen molar-refractivity contribution in [3.8, 4) is 0 Å². The molecule has 3 heterocycles. The third-order valence-corrected chi connectivity index (χ3v) is 10.1. The van der Waals surface area contributed by atoms with Crippen LogP contribution in [0.4, 0.5) is 13.2 Å². The summed E-state index contributed by atoms with van der Waals surface area (Å²) in [5.74, 6) is -0.296. The van der Waals surface area contributed by atoms with Crippen LogP contribution in [0.1, 0.15) is 50.4 Å². The predicted octanol–water partition coefficient (Wildman–Crippen LogP) is 5.21. The third-order valence-electron chi connectivity index (χ3n) is 8.99. The Morgan fingerprint density at radius 2 is 1.50 bits per heavy atom. The van der Waals surface area contributed by atoms with E-state index in [1.165, 1.54) is 18.4 Å². The smallest absolute Gasteiger partial charge is 0.416 e. The van der Waals surface area contributed by atoms with Crippen molar-refractivity contribution in [1.82, 2.24) is 20.0 Å². The van der Waals surface area contributed by atoms with Crippen molar-refractivity contribution in [3.05, 3.63) is 101 Å². The van der Waals surface area contributed by atoms with E-state index in [0.717, 1.165) is 11.6 Å². The number of hydrogen-bond donors (Lipinski definition) is 1. The first-order valence-electron chi connectivity index (χ1n) is 15.9. The van der Waals surface area contributed by atoms with E-state index < -0.39 is 21.6 Å². The van der Waals surface area contributed by atoms with E-state index in [1.807, 2.05) is 12.1 Å². The summed E-state index contributed by atoms with van der Waals surface area (Å²) in [6.07, 6.45) is -1.87. The van der Waals surface area contributed by atoms with Gasteiger partial charge in [0.1, 0.15) is 5.58 Å². The van der Waals surface area contributed by atoms with Crippen molar-refractivity contribution in [3.63, 3.8) is 0 Å². The molecule has 9 nitrogen and oxygen atoms in total. The first kappa shape index (κ1) is 33.7. The van der Waals surface area contributed by atoms with Crippen molar-refractivity contribution in [1.29, 1.82) is 0 Å². The van der Waals surface area contributed by atoms with Crippen molar-refractivity contribution in [2.24, 2.45) is 0 Å². The van der Waals surface area contributed by atoms with Gasteiger partial charge >= 0.3 is 6.18 Å². The first-order valence-corrected chi connectivity index (χ1v) is 17.7. The zero-order valence-electron chi connectivity index (χ0n) is 26.5. The average Bonchev–Trinajstić information content (AvgIpc) is 3.49. The van der Waals surface area contributed by atoms with Crippen LogP contribution in [0.2, 0.25) is 0 Å². The SMILES string of the molecule is CS(=O)(=O)c1ccc(CN2CCN(C(=O)c3ccc4oc(C(=O)NC5CCN(Cc6cccc(C(F)(F)F)c6)CC5)cc4c3)CC2)cc1. The van der Waals surface area contributed by atoms with E-state index in [-0.39, 0.29) is 28.5 Å². The predicted molar refractivity (Wildman–Crippen MR) is 174 cm³/mol. The van der Waals surface area contributed by atoms with Gasteiger partial charge in [-0.05, 0) is 66.4 Å². The number of sulfone groups is 1. The van der Waals surface area contributed by atoms with Crippen molar-refractivity contribution in [2.45, 2.75) is 43.0 Å². The monoisotopic (exact) mass is 682 g/mol. The molecule has 1 N–H and O–H groups in total. The summed E-state index contributed by atoms with van der Waals surface area (Å²) >= 11 is 0. The van der Waals surface area contributed by atoms with E-state index in [2.05, 4.69) is 15.1 Å². The number of fused-ring (bicyclic) bond motifs is 1. The lowest BCUT2D eigenvalue weighted by Crippen LogP contribution is -2.48. The van der Waals surface area contributed by atoms with Crippen LogP contribution in [0, 0.1) is 0 Å². The molecular formula is C35H37F3N4O5S. The molecule has 3 aromatic carbocycles.